The van der Waals surface area contributed by atoms with Crippen molar-refractivity contribution in [1.82, 2.24) is 5.32 Å². The first-order valence-corrected chi connectivity index (χ1v) is 8.48. The van der Waals surface area contributed by atoms with Crippen molar-refractivity contribution in [3.63, 3.8) is 0 Å². The van der Waals surface area contributed by atoms with E-state index in [1.807, 2.05) is 23.5 Å². The van der Waals surface area contributed by atoms with Gasteiger partial charge in [-0.05, 0) is 31.9 Å². The smallest absolute Gasteiger partial charge is 0.157 e. The molecule has 0 aromatic rings. The molecule has 1 N–H and O–H groups in total. The number of nitrogens with one attached hydrogen (secondary N) is 1. The summed E-state index contributed by atoms with van der Waals surface area (Å²) in [7, 11) is 0. The van der Waals surface area contributed by atoms with E-state index in [4.69, 9.17) is 4.99 Å². The van der Waals surface area contributed by atoms with Crippen LogP contribution in [0.3, 0.4) is 0 Å². The third kappa shape index (κ3) is 2.10. The van der Waals surface area contributed by atoms with Crippen molar-refractivity contribution in [3.8, 4) is 0 Å². The molecule has 3 rings (SSSR count). The van der Waals surface area contributed by atoms with Gasteiger partial charge in [0.05, 0.1) is 6.54 Å². The van der Waals surface area contributed by atoms with Crippen LogP contribution in [0.2, 0.25) is 0 Å². The van der Waals surface area contributed by atoms with E-state index in [0.29, 0.717) is 10.3 Å². The Kier molecular flexibility index (Phi) is 2.91. The second kappa shape index (κ2) is 4.13. The molecule has 0 unspecified atom stereocenters. The predicted octanol–water partition coefficient (Wildman–Crippen LogP) is 2.89. The molecule has 1 heterocycles. The molecule has 16 heavy (non-hydrogen) atoms. The molecule has 1 saturated heterocycles. The molecule has 2 aliphatic carbocycles. The Labute approximate surface area is 106 Å². The van der Waals surface area contributed by atoms with Crippen molar-refractivity contribution in [2.24, 2.45) is 4.99 Å². The second-order valence-electron chi connectivity index (χ2n) is 5.41. The highest BCUT2D eigenvalue weighted by molar-refractivity contribution is 8.14. The quantitative estimate of drug-likeness (QED) is 0.840. The molecule has 2 saturated carbocycles. The zero-order valence-corrected chi connectivity index (χ0v) is 11.6. The minimum Gasteiger partial charge on any atom is -0.359 e. The van der Waals surface area contributed by atoms with Crippen LogP contribution in [0.4, 0.5) is 0 Å². The third-order valence-corrected chi connectivity index (χ3v) is 6.77. The fourth-order valence-electron chi connectivity index (χ4n) is 2.69. The summed E-state index contributed by atoms with van der Waals surface area (Å²) >= 11 is 3.95. The first-order valence-electron chi connectivity index (χ1n) is 6.27. The van der Waals surface area contributed by atoms with Crippen LogP contribution in [0.25, 0.3) is 0 Å². The standard InChI is InChI=1S/C12H20N2S2/c1-15-12(6-7-12)8-13-10-14-11(9-16-10)4-2-3-5-11/h2-9H2,1H3,(H,13,14). The highest BCUT2D eigenvalue weighted by Crippen LogP contribution is 2.47. The molecule has 0 aromatic heterocycles. The summed E-state index contributed by atoms with van der Waals surface area (Å²) in [5, 5.41) is 4.92. The fourth-order valence-corrected chi connectivity index (χ4v) is 4.62. The monoisotopic (exact) mass is 256 g/mol. The number of aliphatic imine (C=N–C) groups is 1. The van der Waals surface area contributed by atoms with Crippen LogP contribution >= 0.6 is 23.5 Å². The second-order valence-corrected chi connectivity index (χ2v) is 7.65. The summed E-state index contributed by atoms with van der Waals surface area (Å²) in [5.41, 5.74) is 0.430. The molecule has 3 aliphatic rings. The molecule has 3 fully saturated rings. The summed E-state index contributed by atoms with van der Waals surface area (Å²) in [6.07, 6.45) is 10.5. The van der Waals surface area contributed by atoms with Gasteiger partial charge in [-0.25, -0.2) is 0 Å². The Morgan fingerprint density at radius 3 is 2.69 bits per heavy atom. The normalized spacial score (nSPS) is 32.2. The van der Waals surface area contributed by atoms with Crippen LogP contribution in [0.15, 0.2) is 4.99 Å². The first kappa shape index (κ1) is 11.3. The number of nitrogens with zero attached hydrogens (tertiary/aromatic N) is 1. The lowest BCUT2D eigenvalue weighted by Crippen LogP contribution is -2.40. The lowest BCUT2D eigenvalue weighted by Gasteiger charge is -2.21. The van der Waals surface area contributed by atoms with E-state index in [2.05, 4.69) is 11.6 Å². The summed E-state index contributed by atoms with van der Waals surface area (Å²) in [4.78, 5) is 4.79. The average molecular weight is 256 g/mol. The molecule has 4 heteroatoms. The zero-order chi connectivity index (χ0) is 11.1. The number of hydrogen-bond acceptors (Lipinski definition) is 3. The molecular weight excluding hydrogens is 236 g/mol. The van der Waals surface area contributed by atoms with Gasteiger partial charge < -0.3 is 5.32 Å². The average Bonchev–Trinajstić information content (AvgIpc) is 2.78. The molecule has 90 valence electrons. The van der Waals surface area contributed by atoms with Crippen molar-refractivity contribution in [2.75, 3.05) is 18.6 Å². The molecule has 0 atom stereocenters. The van der Waals surface area contributed by atoms with Gasteiger partial charge in [0.15, 0.2) is 5.17 Å². The third-order valence-electron chi connectivity index (χ3n) is 4.17. The highest BCUT2D eigenvalue weighted by atomic mass is 32.2. The topological polar surface area (TPSA) is 24.4 Å². The SMILES string of the molecule is CSC1(CN=C2NC3(CCCC3)CS2)CC1. The van der Waals surface area contributed by atoms with Crippen molar-refractivity contribution < 1.29 is 0 Å². The van der Waals surface area contributed by atoms with Gasteiger partial charge in [0, 0.05) is 16.0 Å². The Balaban J connectivity index is 1.58. The van der Waals surface area contributed by atoms with Gasteiger partial charge in [0.25, 0.3) is 0 Å². The number of rotatable bonds is 3. The van der Waals surface area contributed by atoms with Gasteiger partial charge in [-0.2, -0.15) is 11.8 Å². The van der Waals surface area contributed by atoms with Crippen molar-refractivity contribution in [2.45, 2.75) is 48.8 Å². The van der Waals surface area contributed by atoms with Crippen LogP contribution < -0.4 is 5.32 Å². The van der Waals surface area contributed by atoms with Gasteiger partial charge in [-0.15, -0.1) is 0 Å². The first-order chi connectivity index (χ1) is 7.76. The van der Waals surface area contributed by atoms with Crippen LogP contribution in [0.5, 0.6) is 0 Å². The highest BCUT2D eigenvalue weighted by Gasteiger charge is 2.43. The fraction of sp³-hybridized carbons (Fsp3) is 0.917. The maximum atomic E-state index is 4.79. The molecular formula is C12H20N2S2. The van der Waals surface area contributed by atoms with E-state index >= 15 is 0 Å². The Bertz CT molecular complexity index is 304. The van der Waals surface area contributed by atoms with Crippen molar-refractivity contribution >= 4 is 28.7 Å². The predicted molar refractivity (Wildman–Crippen MR) is 74.6 cm³/mol. The minimum atomic E-state index is 0.430. The van der Waals surface area contributed by atoms with Crippen LogP contribution in [-0.4, -0.2) is 34.0 Å². The van der Waals surface area contributed by atoms with Crippen LogP contribution in [-0.2, 0) is 0 Å². The Morgan fingerprint density at radius 1 is 1.31 bits per heavy atom. The molecule has 1 spiro atoms. The largest absolute Gasteiger partial charge is 0.359 e. The number of thioether (sulfide) groups is 2. The summed E-state index contributed by atoms with van der Waals surface area (Å²) < 4.78 is 0.515. The van der Waals surface area contributed by atoms with Crippen LogP contribution in [0.1, 0.15) is 38.5 Å². The van der Waals surface area contributed by atoms with E-state index in [1.165, 1.54) is 49.4 Å². The van der Waals surface area contributed by atoms with E-state index < -0.39 is 0 Å². The maximum Gasteiger partial charge on any atom is 0.157 e. The van der Waals surface area contributed by atoms with Gasteiger partial charge in [0.2, 0.25) is 0 Å². The number of amidine groups is 1. The Morgan fingerprint density at radius 2 is 2.06 bits per heavy atom. The minimum absolute atomic E-state index is 0.430. The van der Waals surface area contributed by atoms with Gasteiger partial charge in [0.1, 0.15) is 0 Å². The molecule has 0 amide bonds. The van der Waals surface area contributed by atoms with E-state index in [9.17, 15) is 0 Å². The van der Waals surface area contributed by atoms with Gasteiger partial charge >= 0.3 is 0 Å². The Hall–Kier alpha value is 0.170. The molecule has 0 bridgehead atoms. The number of hydrogen-bond donors (Lipinski definition) is 1. The molecule has 0 aromatic carbocycles. The van der Waals surface area contributed by atoms with E-state index in [0.717, 1.165) is 6.54 Å². The lowest BCUT2D eigenvalue weighted by atomic mass is 10.0. The van der Waals surface area contributed by atoms with E-state index in [1.54, 1.807) is 0 Å². The summed E-state index contributed by atoms with van der Waals surface area (Å²) in [6, 6.07) is 0. The van der Waals surface area contributed by atoms with Gasteiger partial charge in [-0.3, -0.25) is 4.99 Å². The molecule has 0 radical (unpaired) electrons. The zero-order valence-electron chi connectivity index (χ0n) is 9.92. The lowest BCUT2D eigenvalue weighted by molar-refractivity contribution is 0.452. The summed E-state index contributed by atoms with van der Waals surface area (Å²) in [6.45, 7) is 1.03. The molecule has 2 nitrogen and oxygen atoms in total. The maximum absolute atomic E-state index is 4.79. The van der Waals surface area contributed by atoms with Crippen LogP contribution in [0, 0.1) is 0 Å². The van der Waals surface area contributed by atoms with Crippen molar-refractivity contribution in [1.29, 1.82) is 0 Å². The van der Waals surface area contributed by atoms with Gasteiger partial charge in [-0.1, -0.05) is 24.6 Å². The molecule has 1 aliphatic heterocycles. The van der Waals surface area contributed by atoms with E-state index in [-0.39, 0.29) is 0 Å². The summed E-state index contributed by atoms with van der Waals surface area (Å²) in [5.74, 6) is 1.25. The van der Waals surface area contributed by atoms with Crippen molar-refractivity contribution in [3.05, 3.63) is 0 Å².